The third-order valence-corrected chi connectivity index (χ3v) is 8.86. The molecule has 1 aliphatic carbocycles. The topological polar surface area (TPSA) is 46.5 Å². The maximum absolute atomic E-state index is 10.6. The minimum Gasteiger partial charge on any atom is -0.416 e. The lowest BCUT2D eigenvalue weighted by molar-refractivity contribution is -0.108. The molecule has 4 heteroatoms. The first-order valence-electron chi connectivity index (χ1n) is 6.63. The van der Waals surface area contributed by atoms with Crippen LogP contribution < -0.4 is 0 Å². The van der Waals surface area contributed by atoms with E-state index in [1.165, 1.54) is 0 Å². The van der Waals surface area contributed by atoms with Gasteiger partial charge in [-0.05, 0) is 24.1 Å². The summed E-state index contributed by atoms with van der Waals surface area (Å²) in [5.74, 6) is 0.159. The Bertz CT molecular complexity index is 317. The fourth-order valence-electron chi connectivity index (χ4n) is 1.90. The van der Waals surface area contributed by atoms with E-state index < -0.39 is 14.4 Å². The van der Waals surface area contributed by atoms with Crippen molar-refractivity contribution in [3.05, 3.63) is 12.2 Å². The number of allylic oxidation sites excluding steroid dienone is 1. The van der Waals surface area contributed by atoms with Crippen molar-refractivity contribution in [1.29, 1.82) is 0 Å². The molecule has 0 unspecified atom stereocenters. The van der Waals surface area contributed by atoms with Crippen LogP contribution in [0.25, 0.3) is 0 Å². The van der Waals surface area contributed by atoms with E-state index in [9.17, 15) is 9.90 Å². The summed E-state index contributed by atoms with van der Waals surface area (Å²) in [7, 11) is -1.78. The van der Waals surface area contributed by atoms with Gasteiger partial charge in [0.15, 0.2) is 8.32 Å². The van der Waals surface area contributed by atoms with Gasteiger partial charge in [-0.15, -0.1) is 0 Å². The van der Waals surface area contributed by atoms with E-state index in [1.54, 1.807) is 6.08 Å². The zero-order valence-electron chi connectivity index (χ0n) is 12.1. The predicted octanol–water partition coefficient (Wildman–Crippen LogP) is 2.76. The molecule has 0 amide bonds. The summed E-state index contributed by atoms with van der Waals surface area (Å²) < 4.78 is 6.15. The second-order valence-electron chi connectivity index (χ2n) is 6.68. The Morgan fingerprint density at radius 3 is 2.44 bits per heavy atom. The molecule has 0 fully saturated rings. The van der Waals surface area contributed by atoms with Crippen LogP contribution in [-0.2, 0) is 9.22 Å². The van der Waals surface area contributed by atoms with Crippen molar-refractivity contribution in [3.8, 4) is 0 Å². The van der Waals surface area contributed by atoms with E-state index in [-0.39, 0.29) is 16.9 Å². The molecule has 3 atom stereocenters. The van der Waals surface area contributed by atoms with Gasteiger partial charge in [-0.2, -0.15) is 0 Å². The van der Waals surface area contributed by atoms with Gasteiger partial charge in [0.1, 0.15) is 6.29 Å². The second kappa shape index (κ2) is 5.68. The molecule has 0 spiro atoms. The van der Waals surface area contributed by atoms with Crippen LogP contribution >= 0.6 is 0 Å². The van der Waals surface area contributed by atoms with Crippen molar-refractivity contribution in [1.82, 2.24) is 0 Å². The van der Waals surface area contributed by atoms with E-state index in [2.05, 4.69) is 33.9 Å². The van der Waals surface area contributed by atoms with Crippen molar-refractivity contribution in [2.24, 2.45) is 11.8 Å². The van der Waals surface area contributed by atoms with Gasteiger partial charge in [0.05, 0.1) is 6.10 Å². The molecule has 0 aromatic rings. The molecule has 0 aromatic carbocycles. The normalized spacial score (nSPS) is 28.7. The lowest BCUT2D eigenvalue weighted by Gasteiger charge is -2.37. The van der Waals surface area contributed by atoms with E-state index in [4.69, 9.17) is 4.43 Å². The van der Waals surface area contributed by atoms with Crippen LogP contribution in [0.3, 0.4) is 0 Å². The second-order valence-corrected chi connectivity index (χ2v) is 11.5. The van der Waals surface area contributed by atoms with Gasteiger partial charge >= 0.3 is 0 Å². The summed E-state index contributed by atoms with van der Waals surface area (Å²) in [6, 6.07) is 0. The number of rotatable bonds is 5. The highest BCUT2D eigenvalue weighted by Crippen LogP contribution is 2.38. The van der Waals surface area contributed by atoms with E-state index >= 15 is 0 Å². The van der Waals surface area contributed by atoms with Crippen LogP contribution in [0, 0.1) is 11.8 Å². The summed E-state index contributed by atoms with van der Waals surface area (Å²) in [5.41, 5.74) is 0. The molecule has 18 heavy (non-hydrogen) atoms. The molecule has 1 N–H and O–H groups in total. The number of aliphatic hydroxyl groups excluding tert-OH is 1. The Morgan fingerprint density at radius 1 is 1.33 bits per heavy atom. The summed E-state index contributed by atoms with van der Waals surface area (Å²) in [6.45, 7) is 11.6. The molecule has 0 saturated heterocycles. The molecular formula is C14H26O3Si. The first kappa shape index (κ1) is 15.6. The zero-order valence-corrected chi connectivity index (χ0v) is 13.1. The first-order chi connectivity index (χ1) is 8.19. The summed E-state index contributed by atoms with van der Waals surface area (Å²) in [6.07, 6.45) is 4.65. The summed E-state index contributed by atoms with van der Waals surface area (Å²) in [4.78, 5) is 10.6. The predicted molar refractivity (Wildman–Crippen MR) is 76.0 cm³/mol. The van der Waals surface area contributed by atoms with Crippen LogP contribution in [0.1, 0.15) is 27.2 Å². The van der Waals surface area contributed by atoms with Gasteiger partial charge < -0.3 is 14.3 Å². The molecule has 0 saturated carbocycles. The van der Waals surface area contributed by atoms with Crippen LogP contribution in [0.4, 0.5) is 0 Å². The highest BCUT2D eigenvalue weighted by atomic mass is 28.4. The number of carbonyl (C=O) groups is 1. The van der Waals surface area contributed by atoms with Crippen molar-refractivity contribution >= 4 is 14.6 Å². The number of aliphatic hydroxyl groups is 1. The van der Waals surface area contributed by atoms with Gasteiger partial charge in [0.25, 0.3) is 0 Å². The van der Waals surface area contributed by atoms with Crippen molar-refractivity contribution in [3.63, 3.8) is 0 Å². The molecule has 0 bridgehead atoms. The minimum absolute atomic E-state index is 0.0318. The number of aldehydes is 1. The lowest BCUT2D eigenvalue weighted by Crippen LogP contribution is -2.43. The molecule has 3 nitrogen and oxygen atoms in total. The Hall–Kier alpha value is -0.453. The molecule has 0 aliphatic heterocycles. The Labute approximate surface area is 111 Å². The zero-order chi connectivity index (χ0) is 14.0. The highest BCUT2D eigenvalue weighted by molar-refractivity contribution is 6.74. The van der Waals surface area contributed by atoms with Gasteiger partial charge in [0, 0.05) is 18.9 Å². The van der Waals surface area contributed by atoms with E-state index in [0.717, 1.165) is 6.29 Å². The first-order valence-corrected chi connectivity index (χ1v) is 9.54. The molecule has 0 radical (unpaired) electrons. The minimum atomic E-state index is -1.78. The molecule has 1 rings (SSSR count). The molecule has 104 valence electrons. The molecule has 0 heterocycles. The SMILES string of the molecule is CC(C)(C)[Si](C)(C)OC[C@@H]1[C@H](O)C=C[C@@H]1CC=O. The third kappa shape index (κ3) is 3.53. The fourth-order valence-corrected chi connectivity index (χ4v) is 2.95. The maximum atomic E-state index is 10.6. The van der Waals surface area contributed by atoms with Gasteiger partial charge in [0.2, 0.25) is 0 Å². The molecule has 0 aromatic heterocycles. The van der Waals surface area contributed by atoms with Crippen molar-refractivity contribution < 1.29 is 14.3 Å². The fraction of sp³-hybridized carbons (Fsp3) is 0.786. The lowest BCUT2D eigenvalue weighted by atomic mass is 9.92. The van der Waals surface area contributed by atoms with Crippen molar-refractivity contribution in [2.45, 2.75) is 51.4 Å². The largest absolute Gasteiger partial charge is 0.416 e. The van der Waals surface area contributed by atoms with Crippen LogP contribution in [0.15, 0.2) is 12.2 Å². The maximum Gasteiger partial charge on any atom is 0.191 e. The Kier molecular flexibility index (Phi) is 4.92. The van der Waals surface area contributed by atoms with Gasteiger partial charge in [-0.1, -0.05) is 32.9 Å². The molecular weight excluding hydrogens is 244 g/mol. The Morgan fingerprint density at radius 2 is 1.94 bits per heavy atom. The third-order valence-electron chi connectivity index (χ3n) is 4.36. The van der Waals surface area contributed by atoms with E-state index in [0.29, 0.717) is 13.0 Å². The van der Waals surface area contributed by atoms with Crippen LogP contribution in [0.5, 0.6) is 0 Å². The average molecular weight is 270 g/mol. The smallest absolute Gasteiger partial charge is 0.191 e. The number of hydrogen-bond donors (Lipinski definition) is 1. The Balaban J connectivity index is 2.59. The van der Waals surface area contributed by atoms with Crippen LogP contribution in [0.2, 0.25) is 18.1 Å². The monoisotopic (exact) mass is 270 g/mol. The van der Waals surface area contributed by atoms with Gasteiger partial charge in [-0.3, -0.25) is 0 Å². The number of carbonyl (C=O) groups excluding carboxylic acids is 1. The number of hydrogen-bond acceptors (Lipinski definition) is 3. The summed E-state index contributed by atoms with van der Waals surface area (Å²) in [5, 5.41) is 10.1. The average Bonchev–Trinajstić information content (AvgIpc) is 2.56. The van der Waals surface area contributed by atoms with E-state index in [1.807, 2.05) is 6.08 Å². The standard InChI is InChI=1S/C14H26O3Si/c1-14(2,3)18(4,5)17-10-12-11(8-9-15)6-7-13(12)16/h6-7,9,11-13,16H,8,10H2,1-5H3/t11-,12+,13-/m1/s1. The quantitative estimate of drug-likeness (QED) is 0.475. The van der Waals surface area contributed by atoms with Crippen molar-refractivity contribution in [2.75, 3.05) is 6.61 Å². The highest BCUT2D eigenvalue weighted by Gasteiger charge is 2.39. The molecule has 1 aliphatic rings. The van der Waals surface area contributed by atoms with Crippen LogP contribution in [-0.4, -0.2) is 32.4 Å². The summed E-state index contributed by atoms with van der Waals surface area (Å²) >= 11 is 0. The van der Waals surface area contributed by atoms with Gasteiger partial charge in [-0.25, -0.2) is 0 Å².